The zero-order valence-corrected chi connectivity index (χ0v) is 25.1. The Hall–Kier alpha value is -5.61. The standard InChI is InChI=1S/C34H30ClN7O3/c1-2-3-9-22-20-31(42(41-22)23-10-5-4-6-11-23)39-34(44)38-28-16-17-30(26-13-8-7-12-25(26)28)45-32-18-19-36-33(40-32)37-29-15-14-24(43)21-27(29)35/h4-8,10-21,43H,2-3,9H2,1H3,(H,36,37,40)(H2,38,39,44). The summed E-state index contributed by atoms with van der Waals surface area (Å²) >= 11 is 6.22. The molecule has 226 valence electrons. The minimum absolute atomic E-state index is 0.0567. The molecule has 0 fully saturated rings. The molecule has 4 aromatic carbocycles. The van der Waals surface area contributed by atoms with E-state index >= 15 is 0 Å². The topological polar surface area (TPSA) is 126 Å². The summed E-state index contributed by atoms with van der Waals surface area (Å²) in [5.41, 5.74) is 2.92. The molecule has 0 aliphatic heterocycles. The number of para-hydroxylation sites is 1. The number of carbonyl (C=O) groups excluding carboxylic acids is 1. The minimum atomic E-state index is -0.396. The number of phenolic OH excluding ortho intramolecular Hbond substituents is 1. The highest BCUT2D eigenvalue weighted by atomic mass is 35.5. The van der Waals surface area contributed by atoms with E-state index in [1.54, 1.807) is 35.1 Å². The number of carbonyl (C=O) groups is 1. The van der Waals surface area contributed by atoms with Crippen LogP contribution in [0.5, 0.6) is 17.4 Å². The highest BCUT2D eigenvalue weighted by molar-refractivity contribution is 6.33. The van der Waals surface area contributed by atoms with Gasteiger partial charge in [-0.2, -0.15) is 10.1 Å². The van der Waals surface area contributed by atoms with Crippen LogP contribution < -0.4 is 20.7 Å². The van der Waals surface area contributed by atoms with Crippen molar-refractivity contribution >= 4 is 51.5 Å². The smallest absolute Gasteiger partial charge is 0.324 e. The second-order valence-electron chi connectivity index (χ2n) is 10.2. The van der Waals surface area contributed by atoms with Crippen molar-refractivity contribution in [3.63, 3.8) is 0 Å². The number of amides is 2. The van der Waals surface area contributed by atoms with E-state index in [2.05, 4.69) is 32.8 Å². The van der Waals surface area contributed by atoms with Crippen LogP contribution in [0, 0.1) is 0 Å². The summed E-state index contributed by atoms with van der Waals surface area (Å²) in [4.78, 5) is 22.0. The first kappa shape index (κ1) is 29.5. The largest absolute Gasteiger partial charge is 0.508 e. The van der Waals surface area contributed by atoms with Gasteiger partial charge in [0.05, 0.1) is 27.8 Å². The van der Waals surface area contributed by atoms with Crippen molar-refractivity contribution in [3.05, 3.63) is 114 Å². The zero-order valence-electron chi connectivity index (χ0n) is 24.4. The molecule has 2 heterocycles. The summed E-state index contributed by atoms with van der Waals surface area (Å²) in [6, 6.07) is 28.6. The summed E-state index contributed by atoms with van der Waals surface area (Å²) in [6.45, 7) is 2.14. The van der Waals surface area contributed by atoms with Gasteiger partial charge in [-0.15, -0.1) is 0 Å². The Morgan fingerprint density at radius 3 is 2.49 bits per heavy atom. The molecule has 45 heavy (non-hydrogen) atoms. The maximum atomic E-state index is 13.3. The molecular weight excluding hydrogens is 590 g/mol. The summed E-state index contributed by atoms with van der Waals surface area (Å²) < 4.78 is 7.92. The van der Waals surface area contributed by atoms with E-state index < -0.39 is 6.03 Å². The number of nitrogens with zero attached hydrogens (tertiary/aromatic N) is 4. The molecule has 6 aromatic rings. The highest BCUT2D eigenvalue weighted by Gasteiger charge is 2.15. The summed E-state index contributed by atoms with van der Waals surface area (Å²) in [5.74, 6) is 1.76. The van der Waals surface area contributed by atoms with Crippen LogP contribution in [0.2, 0.25) is 5.02 Å². The molecular formula is C34H30ClN7O3. The molecule has 0 saturated carbocycles. The number of halogens is 1. The van der Waals surface area contributed by atoms with Gasteiger partial charge in [0.2, 0.25) is 11.8 Å². The molecule has 10 nitrogen and oxygen atoms in total. The van der Waals surface area contributed by atoms with E-state index in [-0.39, 0.29) is 11.7 Å². The van der Waals surface area contributed by atoms with Gasteiger partial charge < -0.3 is 20.5 Å². The molecule has 0 atom stereocenters. The lowest BCUT2D eigenvalue weighted by molar-refractivity contribution is 0.262. The fourth-order valence-electron chi connectivity index (χ4n) is 4.80. The number of benzene rings is 4. The Kier molecular flexibility index (Phi) is 8.74. The maximum Gasteiger partial charge on any atom is 0.324 e. The van der Waals surface area contributed by atoms with E-state index in [1.165, 1.54) is 12.1 Å². The predicted octanol–water partition coefficient (Wildman–Crippen LogP) is 8.70. The number of fused-ring (bicyclic) bond motifs is 1. The van der Waals surface area contributed by atoms with Gasteiger partial charge in [-0.25, -0.2) is 14.5 Å². The number of urea groups is 1. The molecule has 11 heteroatoms. The lowest BCUT2D eigenvalue weighted by Crippen LogP contribution is -2.21. The van der Waals surface area contributed by atoms with Crippen molar-refractivity contribution in [1.82, 2.24) is 19.7 Å². The molecule has 2 aromatic heterocycles. The maximum absolute atomic E-state index is 13.3. The highest BCUT2D eigenvalue weighted by Crippen LogP contribution is 2.35. The monoisotopic (exact) mass is 619 g/mol. The molecule has 2 amide bonds. The first-order valence-corrected chi connectivity index (χ1v) is 14.8. The van der Waals surface area contributed by atoms with E-state index in [0.29, 0.717) is 33.8 Å². The van der Waals surface area contributed by atoms with Crippen LogP contribution in [0.4, 0.5) is 27.9 Å². The van der Waals surface area contributed by atoms with Crippen molar-refractivity contribution in [2.24, 2.45) is 0 Å². The van der Waals surface area contributed by atoms with Crippen LogP contribution in [-0.4, -0.2) is 30.9 Å². The molecule has 4 N–H and O–H groups in total. The molecule has 0 unspecified atom stereocenters. The Labute approximate surface area is 264 Å². The third-order valence-corrected chi connectivity index (χ3v) is 7.28. The van der Waals surface area contributed by atoms with Crippen LogP contribution in [0.1, 0.15) is 25.5 Å². The van der Waals surface area contributed by atoms with Gasteiger partial charge in [0.25, 0.3) is 0 Å². The van der Waals surface area contributed by atoms with Gasteiger partial charge in [-0.1, -0.05) is 67.4 Å². The third kappa shape index (κ3) is 6.97. The van der Waals surface area contributed by atoms with Crippen LogP contribution in [0.15, 0.2) is 103 Å². The fraction of sp³-hybridized carbons (Fsp3) is 0.118. The Balaban J connectivity index is 1.21. The molecule has 6 rings (SSSR count). The minimum Gasteiger partial charge on any atom is -0.508 e. The fourth-order valence-corrected chi connectivity index (χ4v) is 5.02. The molecule has 0 aliphatic carbocycles. The third-order valence-electron chi connectivity index (χ3n) is 6.96. The number of hydrogen-bond donors (Lipinski definition) is 4. The van der Waals surface area contributed by atoms with Crippen molar-refractivity contribution in [2.45, 2.75) is 26.2 Å². The molecule has 0 saturated heterocycles. The van der Waals surface area contributed by atoms with Crippen molar-refractivity contribution in [1.29, 1.82) is 0 Å². The Morgan fingerprint density at radius 2 is 1.69 bits per heavy atom. The van der Waals surface area contributed by atoms with Crippen molar-refractivity contribution in [2.75, 3.05) is 16.0 Å². The quantitative estimate of drug-likeness (QED) is 0.113. The van der Waals surface area contributed by atoms with Gasteiger partial charge in [0, 0.05) is 35.2 Å². The van der Waals surface area contributed by atoms with Gasteiger partial charge in [0.15, 0.2) is 0 Å². The number of aryl methyl sites for hydroxylation is 1. The van der Waals surface area contributed by atoms with E-state index in [4.69, 9.17) is 21.4 Å². The average molecular weight is 620 g/mol. The summed E-state index contributed by atoms with van der Waals surface area (Å²) in [7, 11) is 0. The second kappa shape index (κ2) is 13.4. The lowest BCUT2D eigenvalue weighted by Gasteiger charge is -2.14. The summed E-state index contributed by atoms with van der Waals surface area (Å²) in [5, 5.41) is 25.3. The van der Waals surface area contributed by atoms with Gasteiger partial charge in [0.1, 0.15) is 17.3 Å². The number of nitrogens with one attached hydrogen (secondary N) is 3. The molecule has 0 bridgehead atoms. The summed E-state index contributed by atoms with van der Waals surface area (Å²) in [6.07, 6.45) is 4.46. The number of aromatic nitrogens is 4. The number of ether oxygens (including phenoxy) is 1. The molecule has 0 radical (unpaired) electrons. The van der Waals surface area contributed by atoms with Crippen LogP contribution >= 0.6 is 11.6 Å². The van der Waals surface area contributed by atoms with Gasteiger partial charge in [-0.3, -0.25) is 5.32 Å². The van der Waals surface area contributed by atoms with E-state index in [0.717, 1.165) is 41.4 Å². The lowest BCUT2D eigenvalue weighted by atomic mass is 10.1. The van der Waals surface area contributed by atoms with Crippen LogP contribution in [0.25, 0.3) is 16.5 Å². The molecule has 0 spiro atoms. The second-order valence-corrected chi connectivity index (χ2v) is 10.6. The van der Waals surface area contributed by atoms with Gasteiger partial charge >= 0.3 is 6.03 Å². The number of phenols is 1. The van der Waals surface area contributed by atoms with Crippen LogP contribution in [-0.2, 0) is 6.42 Å². The number of aromatic hydroxyl groups is 1. The van der Waals surface area contributed by atoms with E-state index in [9.17, 15) is 9.90 Å². The van der Waals surface area contributed by atoms with Crippen molar-refractivity contribution < 1.29 is 14.6 Å². The number of rotatable bonds is 10. The average Bonchev–Trinajstić information content (AvgIpc) is 3.45. The Bertz CT molecular complexity index is 1960. The number of hydrogen-bond acceptors (Lipinski definition) is 7. The first-order chi connectivity index (χ1) is 22.0. The van der Waals surface area contributed by atoms with E-state index in [1.807, 2.05) is 60.7 Å². The number of unbranched alkanes of at least 4 members (excludes halogenated alkanes) is 1. The Morgan fingerprint density at radius 1 is 0.911 bits per heavy atom. The van der Waals surface area contributed by atoms with Crippen molar-refractivity contribution in [3.8, 4) is 23.1 Å². The zero-order chi connectivity index (χ0) is 31.2. The van der Waals surface area contributed by atoms with Crippen LogP contribution in [0.3, 0.4) is 0 Å². The predicted molar refractivity (Wildman–Crippen MR) is 177 cm³/mol. The number of anilines is 4. The van der Waals surface area contributed by atoms with Gasteiger partial charge in [-0.05, 0) is 49.2 Å². The molecule has 0 aliphatic rings. The first-order valence-electron chi connectivity index (χ1n) is 14.5. The SMILES string of the molecule is CCCCc1cc(NC(=O)Nc2ccc(Oc3ccnc(Nc4ccc(O)cc4Cl)n3)c3ccccc23)n(-c2ccccc2)n1. The normalized spacial score (nSPS) is 10.9.